The maximum Gasteiger partial charge on any atom is 0.144 e. The maximum atomic E-state index is 9.26. The van der Waals surface area contributed by atoms with Crippen molar-refractivity contribution in [2.45, 2.75) is 51.4 Å². The molecule has 0 aromatic carbocycles. The van der Waals surface area contributed by atoms with Gasteiger partial charge < -0.3 is 5.32 Å². The van der Waals surface area contributed by atoms with Crippen LogP contribution >= 0.6 is 0 Å². The summed E-state index contributed by atoms with van der Waals surface area (Å²) in [6, 6.07) is 4.33. The van der Waals surface area contributed by atoms with Gasteiger partial charge in [0.15, 0.2) is 0 Å². The molecule has 3 rings (SSSR count). The van der Waals surface area contributed by atoms with Gasteiger partial charge in [-0.25, -0.2) is 4.98 Å². The zero-order valence-corrected chi connectivity index (χ0v) is 11.4. The minimum atomic E-state index is 0.719. The van der Waals surface area contributed by atoms with Crippen LogP contribution in [0.15, 0.2) is 6.07 Å². The van der Waals surface area contributed by atoms with Crippen LogP contribution in [0, 0.1) is 17.2 Å². The number of nitrogens with zero attached hydrogens (tertiary/aromatic N) is 2. The fraction of sp³-hybridized carbons (Fsp3) is 0.625. The number of aromatic nitrogens is 1. The second-order valence-corrected chi connectivity index (χ2v) is 5.84. The van der Waals surface area contributed by atoms with Crippen LogP contribution in [0.2, 0.25) is 0 Å². The third-order valence-corrected chi connectivity index (χ3v) is 4.45. The lowest BCUT2D eigenvalue weighted by Crippen LogP contribution is -2.18. The standard InChI is InChI=1S/C16H21N3/c17-10-14-9-13-7-4-8-15(13)19-16(14)18-11-12-5-2-1-3-6-12/h9,12H,1-8,11H2,(H,18,19). The van der Waals surface area contributed by atoms with Crippen LogP contribution in [0.5, 0.6) is 0 Å². The van der Waals surface area contributed by atoms with Crippen LogP contribution in [0.3, 0.4) is 0 Å². The van der Waals surface area contributed by atoms with Gasteiger partial charge in [0, 0.05) is 12.2 Å². The van der Waals surface area contributed by atoms with Gasteiger partial charge in [0.25, 0.3) is 0 Å². The van der Waals surface area contributed by atoms with Gasteiger partial charge in [-0.3, -0.25) is 0 Å². The number of nitrogens with one attached hydrogen (secondary N) is 1. The van der Waals surface area contributed by atoms with E-state index < -0.39 is 0 Å². The Bertz CT molecular complexity index is 495. The van der Waals surface area contributed by atoms with Crippen LogP contribution in [0.4, 0.5) is 5.82 Å². The van der Waals surface area contributed by atoms with Crippen LogP contribution in [-0.4, -0.2) is 11.5 Å². The average Bonchev–Trinajstić information content (AvgIpc) is 2.92. The van der Waals surface area contributed by atoms with Crippen molar-refractivity contribution in [3.63, 3.8) is 0 Å². The number of hydrogen-bond donors (Lipinski definition) is 1. The average molecular weight is 255 g/mol. The molecule has 3 nitrogen and oxygen atoms in total. The molecule has 1 aromatic rings. The second kappa shape index (κ2) is 5.61. The molecule has 2 aliphatic carbocycles. The summed E-state index contributed by atoms with van der Waals surface area (Å²) in [4.78, 5) is 4.67. The molecule has 0 atom stereocenters. The van der Waals surface area contributed by atoms with Crippen LogP contribution in [0.25, 0.3) is 0 Å². The largest absolute Gasteiger partial charge is 0.369 e. The quantitative estimate of drug-likeness (QED) is 0.900. The summed E-state index contributed by atoms with van der Waals surface area (Å²) >= 11 is 0. The molecule has 0 radical (unpaired) electrons. The van der Waals surface area contributed by atoms with Gasteiger partial charge in [-0.15, -0.1) is 0 Å². The van der Waals surface area contributed by atoms with E-state index in [0.29, 0.717) is 0 Å². The topological polar surface area (TPSA) is 48.7 Å². The fourth-order valence-corrected chi connectivity index (χ4v) is 3.32. The van der Waals surface area contributed by atoms with Crippen molar-refractivity contribution < 1.29 is 0 Å². The molecule has 0 amide bonds. The normalized spacial score (nSPS) is 18.9. The van der Waals surface area contributed by atoms with Crippen LogP contribution in [0.1, 0.15) is 55.3 Å². The molecule has 0 saturated heterocycles. The van der Waals surface area contributed by atoms with Crippen molar-refractivity contribution in [1.29, 1.82) is 5.26 Å². The number of hydrogen-bond acceptors (Lipinski definition) is 3. The Morgan fingerprint density at radius 2 is 2.05 bits per heavy atom. The lowest BCUT2D eigenvalue weighted by Gasteiger charge is -2.22. The van der Waals surface area contributed by atoms with Crippen molar-refractivity contribution in [3.05, 3.63) is 22.9 Å². The minimum Gasteiger partial charge on any atom is -0.369 e. The Labute approximate surface area is 115 Å². The molecule has 2 aliphatic rings. The molecular weight excluding hydrogens is 234 g/mol. The molecule has 1 saturated carbocycles. The number of rotatable bonds is 3. The van der Waals surface area contributed by atoms with Gasteiger partial charge >= 0.3 is 0 Å². The Kier molecular flexibility index (Phi) is 3.68. The third kappa shape index (κ3) is 2.73. The van der Waals surface area contributed by atoms with E-state index in [1.807, 2.05) is 6.07 Å². The molecular formula is C16H21N3. The van der Waals surface area contributed by atoms with Gasteiger partial charge in [-0.05, 0) is 49.7 Å². The third-order valence-electron chi connectivity index (χ3n) is 4.45. The first-order valence-corrected chi connectivity index (χ1v) is 7.53. The summed E-state index contributed by atoms with van der Waals surface area (Å²) in [5, 5.41) is 12.7. The summed E-state index contributed by atoms with van der Waals surface area (Å²) in [5.74, 6) is 1.57. The van der Waals surface area contributed by atoms with Gasteiger partial charge in [0.05, 0.1) is 5.56 Å². The molecule has 1 aromatic heterocycles. The van der Waals surface area contributed by atoms with E-state index in [1.165, 1.54) is 49.8 Å². The predicted molar refractivity (Wildman–Crippen MR) is 76.0 cm³/mol. The highest BCUT2D eigenvalue weighted by Gasteiger charge is 2.18. The first-order chi connectivity index (χ1) is 9.36. The zero-order chi connectivity index (χ0) is 13.1. The summed E-state index contributed by atoms with van der Waals surface area (Å²) in [5.41, 5.74) is 3.20. The lowest BCUT2D eigenvalue weighted by molar-refractivity contribution is 0.373. The van der Waals surface area contributed by atoms with Crippen molar-refractivity contribution >= 4 is 5.82 Å². The molecule has 0 unspecified atom stereocenters. The highest BCUT2D eigenvalue weighted by Crippen LogP contribution is 2.27. The smallest absolute Gasteiger partial charge is 0.144 e. The second-order valence-electron chi connectivity index (χ2n) is 5.84. The molecule has 1 fully saturated rings. The number of pyridine rings is 1. The maximum absolute atomic E-state index is 9.26. The summed E-state index contributed by atoms with van der Waals surface area (Å²) in [7, 11) is 0. The van der Waals surface area contributed by atoms with Crippen LogP contribution in [-0.2, 0) is 12.8 Å². The SMILES string of the molecule is N#Cc1cc2c(nc1NCC1CCCCC1)CCC2. The Morgan fingerprint density at radius 3 is 2.84 bits per heavy atom. The molecule has 0 spiro atoms. The molecule has 0 bridgehead atoms. The number of aryl methyl sites for hydroxylation is 2. The van der Waals surface area contributed by atoms with E-state index in [4.69, 9.17) is 0 Å². The molecule has 19 heavy (non-hydrogen) atoms. The molecule has 1 heterocycles. The summed E-state index contributed by atoms with van der Waals surface area (Å²) < 4.78 is 0. The minimum absolute atomic E-state index is 0.719. The molecule has 1 N–H and O–H groups in total. The Balaban J connectivity index is 1.71. The van der Waals surface area contributed by atoms with Gasteiger partial charge in [-0.2, -0.15) is 5.26 Å². The summed E-state index contributed by atoms with van der Waals surface area (Å²) in [6.45, 7) is 0.973. The van der Waals surface area contributed by atoms with Crippen molar-refractivity contribution in [2.75, 3.05) is 11.9 Å². The lowest BCUT2D eigenvalue weighted by atomic mass is 9.89. The van der Waals surface area contributed by atoms with Crippen LogP contribution < -0.4 is 5.32 Å². The Morgan fingerprint density at radius 1 is 1.21 bits per heavy atom. The Hall–Kier alpha value is -1.56. The first kappa shape index (κ1) is 12.5. The van der Waals surface area contributed by atoms with E-state index in [2.05, 4.69) is 16.4 Å². The van der Waals surface area contributed by atoms with E-state index >= 15 is 0 Å². The molecule has 3 heteroatoms. The number of anilines is 1. The van der Waals surface area contributed by atoms with Gasteiger partial charge in [0.1, 0.15) is 11.9 Å². The van der Waals surface area contributed by atoms with E-state index in [0.717, 1.165) is 36.7 Å². The van der Waals surface area contributed by atoms with Crippen molar-refractivity contribution in [1.82, 2.24) is 4.98 Å². The first-order valence-electron chi connectivity index (χ1n) is 7.53. The predicted octanol–water partition coefficient (Wildman–Crippen LogP) is 3.43. The number of nitriles is 1. The van der Waals surface area contributed by atoms with Crippen molar-refractivity contribution in [3.8, 4) is 6.07 Å². The van der Waals surface area contributed by atoms with Gasteiger partial charge in [0.2, 0.25) is 0 Å². The zero-order valence-electron chi connectivity index (χ0n) is 11.4. The number of fused-ring (bicyclic) bond motifs is 1. The molecule has 100 valence electrons. The van der Waals surface area contributed by atoms with E-state index in [9.17, 15) is 5.26 Å². The monoisotopic (exact) mass is 255 g/mol. The van der Waals surface area contributed by atoms with Gasteiger partial charge in [-0.1, -0.05) is 19.3 Å². The van der Waals surface area contributed by atoms with E-state index in [-0.39, 0.29) is 0 Å². The van der Waals surface area contributed by atoms with Crippen molar-refractivity contribution in [2.24, 2.45) is 5.92 Å². The summed E-state index contributed by atoms with van der Waals surface area (Å²) in [6.07, 6.45) is 10.1. The highest BCUT2D eigenvalue weighted by atomic mass is 15.0. The van der Waals surface area contributed by atoms with E-state index in [1.54, 1.807) is 0 Å². The fourth-order valence-electron chi connectivity index (χ4n) is 3.32. The highest BCUT2D eigenvalue weighted by molar-refractivity contribution is 5.55. The molecule has 0 aliphatic heterocycles.